The topological polar surface area (TPSA) is 42.4 Å². The summed E-state index contributed by atoms with van der Waals surface area (Å²) in [6.07, 6.45) is 5.32. The van der Waals surface area contributed by atoms with Crippen LogP contribution in [-0.2, 0) is 0 Å². The molecule has 2 atom stereocenters. The molecular weight excluding hydrogens is 284 g/mol. The molecule has 3 heterocycles. The summed E-state index contributed by atoms with van der Waals surface area (Å²) in [6, 6.07) is 3.66. The van der Waals surface area contributed by atoms with Crippen LogP contribution >= 0.6 is 11.8 Å². The summed E-state index contributed by atoms with van der Waals surface area (Å²) in [6.45, 7) is 3.92. The van der Waals surface area contributed by atoms with Gasteiger partial charge in [0, 0.05) is 31.1 Å². The van der Waals surface area contributed by atoms with Crippen molar-refractivity contribution in [3.8, 4) is 5.88 Å². The minimum absolute atomic E-state index is 0.0945. The number of piperidine rings is 1. The zero-order chi connectivity index (χ0) is 14.7. The lowest BCUT2D eigenvalue weighted by atomic mass is 10.00. The monoisotopic (exact) mass is 306 g/mol. The van der Waals surface area contributed by atoms with E-state index in [-0.39, 0.29) is 12.0 Å². The first-order valence-corrected chi connectivity index (χ1v) is 8.87. The van der Waals surface area contributed by atoms with E-state index in [2.05, 4.69) is 11.9 Å². The highest BCUT2D eigenvalue weighted by Gasteiger charge is 2.22. The van der Waals surface area contributed by atoms with Crippen LogP contribution in [0.15, 0.2) is 18.3 Å². The summed E-state index contributed by atoms with van der Waals surface area (Å²) in [5, 5.41) is 0. The van der Waals surface area contributed by atoms with E-state index in [4.69, 9.17) is 4.74 Å². The van der Waals surface area contributed by atoms with Gasteiger partial charge in [-0.1, -0.05) is 6.92 Å². The fraction of sp³-hybridized carbons (Fsp3) is 0.625. The summed E-state index contributed by atoms with van der Waals surface area (Å²) in [5.41, 5.74) is 0.664. The Bertz CT molecular complexity index is 486. The molecule has 2 aliphatic rings. The van der Waals surface area contributed by atoms with Gasteiger partial charge in [-0.15, -0.1) is 0 Å². The summed E-state index contributed by atoms with van der Waals surface area (Å²) >= 11 is 1.91. The lowest BCUT2D eigenvalue weighted by Gasteiger charge is -2.30. The molecule has 21 heavy (non-hydrogen) atoms. The lowest BCUT2D eigenvalue weighted by molar-refractivity contribution is 0.0682. The van der Waals surface area contributed by atoms with Gasteiger partial charge >= 0.3 is 0 Å². The number of hydrogen-bond donors (Lipinski definition) is 0. The van der Waals surface area contributed by atoms with E-state index >= 15 is 0 Å². The van der Waals surface area contributed by atoms with Crippen LogP contribution in [-0.4, -0.2) is 46.5 Å². The van der Waals surface area contributed by atoms with Crippen LogP contribution in [0.5, 0.6) is 5.88 Å². The van der Waals surface area contributed by atoms with Crippen LogP contribution < -0.4 is 4.74 Å². The smallest absolute Gasteiger partial charge is 0.255 e. The molecule has 1 aromatic rings. The summed E-state index contributed by atoms with van der Waals surface area (Å²) in [7, 11) is 0. The number of carbonyl (C=O) groups excluding carboxylic acids is 1. The number of carbonyl (C=O) groups is 1. The minimum Gasteiger partial charge on any atom is -0.473 e. The normalized spacial score (nSPS) is 25.9. The molecule has 2 fully saturated rings. The Balaban J connectivity index is 1.61. The average molecular weight is 306 g/mol. The predicted molar refractivity (Wildman–Crippen MR) is 84.9 cm³/mol. The van der Waals surface area contributed by atoms with Crippen LogP contribution in [0.3, 0.4) is 0 Å². The minimum atomic E-state index is 0.0945. The maximum absolute atomic E-state index is 12.4. The highest BCUT2D eigenvalue weighted by molar-refractivity contribution is 7.99. The van der Waals surface area contributed by atoms with E-state index in [0.29, 0.717) is 17.4 Å². The van der Waals surface area contributed by atoms with Crippen molar-refractivity contribution in [3.63, 3.8) is 0 Å². The van der Waals surface area contributed by atoms with E-state index in [1.54, 1.807) is 6.20 Å². The Morgan fingerprint density at radius 2 is 2.33 bits per heavy atom. The predicted octanol–water partition coefficient (Wildman–Crippen LogP) is 2.84. The van der Waals surface area contributed by atoms with Crippen LogP contribution in [0.25, 0.3) is 0 Å². The van der Waals surface area contributed by atoms with Gasteiger partial charge in [0.05, 0.1) is 5.56 Å². The van der Waals surface area contributed by atoms with Crippen LogP contribution in [0.1, 0.15) is 36.5 Å². The first kappa shape index (κ1) is 14.7. The summed E-state index contributed by atoms with van der Waals surface area (Å²) < 4.78 is 5.82. The number of ether oxygens (including phenoxy) is 1. The van der Waals surface area contributed by atoms with Crippen molar-refractivity contribution in [3.05, 3.63) is 23.9 Å². The van der Waals surface area contributed by atoms with Crippen molar-refractivity contribution < 1.29 is 9.53 Å². The Hall–Kier alpha value is -1.23. The number of pyridine rings is 1. The van der Waals surface area contributed by atoms with Gasteiger partial charge in [0.1, 0.15) is 6.10 Å². The fourth-order valence-corrected chi connectivity index (χ4v) is 4.00. The van der Waals surface area contributed by atoms with Gasteiger partial charge in [-0.3, -0.25) is 4.79 Å². The molecule has 114 valence electrons. The molecule has 3 rings (SSSR count). The zero-order valence-electron chi connectivity index (χ0n) is 12.5. The van der Waals surface area contributed by atoms with Crippen molar-refractivity contribution >= 4 is 17.7 Å². The zero-order valence-corrected chi connectivity index (χ0v) is 13.3. The fourth-order valence-electron chi connectivity index (χ4n) is 2.91. The molecule has 1 aromatic heterocycles. The van der Waals surface area contributed by atoms with E-state index in [1.807, 2.05) is 28.8 Å². The largest absolute Gasteiger partial charge is 0.473 e. The number of nitrogens with zero attached hydrogens (tertiary/aromatic N) is 2. The summed E-state index contributed by atoms with van der Waals surface area (Å²) in [5.74, 6) is 3.52. The van der Waals surface area contributed by atoms with Gasteiger partial charge in [-0.25, -0.2) is 4.98 Å². The van der Waals surface area contributed by atoms with E-state index in [1.165, 1.54) is 6.42 Å². The molecule has 0 radical (unpaired) electrons. The van der Waals surface area contributed by atoms with Crippen LogP contribution in [0.2, 0.25) is 0 Å². The van der Waals surface area contributed by atoms with E-state index in [0.717, 1.165) is 37.4 Å². The third-order valence-electron chi connectivity index (χ3n) is 4.10. The van der Waals surface area contributed by atoms with E-state index < -0.39 is 0 Å². The standard InChI is InChI=1S/C16H22N2O2S/c1-12-3-2-7-18(10-12)16(19)13-4-5-15(17-9-13)20-14-6-8-21-11-14/h4-5,9,12,14H,2-3,6-8,10-11H2,1H3. The van der Waals surface area contributed by atoms with Gasteiger partial charge in [-0.2, -0.15) is 11.8 Å². The maximum atomic E-state index is 12.4. The molecule has 1 amide bonds. The molecule has 4 nitrogen and oxygen atoms in total. The van der Waals surface area contributed by atoms with Crippen LogP contribution in [0.4, 0.5) is 0 Å². The molecule has 2 aliphatic heterocycles. The highest BCUT2D eigenvalue weighted by Crippen LogP contribution is 2.22. The first-order chi connectivity index (χ1) is 10.2. The quantitative estimate of drug-likeness (QED) is 0.861. The average Bonchev–Trinajstić information content (AvgIpc) is 3.00. The molecule has 2 unspecified atom stereocenters. The molecular formula is C16H22N2O2S. The maximum Gasteiger partial charge on any atom is 0.255 e. The Morgan fingerprint density at radius 1 is 1.43 bits per heavy atom. The van der Waals surface area contributed by atoms with Crippen molar-refractivity contribution in [1.29, 1.82) is 0 Å². The van der Waals surface area contributed by atoms with Gasteiger partial charge in [0.2, 0.25) is 5.88 Å². The molecule has 0 saturated carbocycles. The second kappa shape index (κ2) is 6.69. The molecule has 0 aliphatic carbocycles. The van der Waals surface area contributed by atoms with Crippen molar-refractivity contribution in [2.45, 2.75) is 32.3 Å². The Kier molecular flexibility index (Phi) is 4.68. The molecule has 5 heteroatoms. The van der Waals surface area contributed by atoms with Gasteiger partial charge < -0.3 is 9.64 Å². The third kappa shape index (κ3) is 3.70. The third-order valence-corrected chi connectivity index (χ3v) is 5.23. The molecule has 0 aromatic carbocycles. The van der Waals surface area contributed by atoms with Crippen molar-refractivity contribution in [2.75, 3.05) is 24.6 Å². The lowest BCUT2D eigenvalue weighted by Crippen LogP contribution is -2.39. The van der Waals surface area contributed by atoms with E-state index in [9.17, 15) is 4.79 Å². The van der Waals surface area contributed by atoms with Crippen LogP contribution in [0, 0.1) is 5.92 Å². The molecule has 2 saturated heterocycles. The number of amides is 1. The number of rotatable bonds is 3. The Morgan fingerprint density at radius 3 is 3.00 bits per heavy atom. The molecule has 0 N–H and O–H groups in total. The number of aromatic nitrogens is 1. The first-order valence-electron chi connectivity index (χ1n) is 7.72. The van der Waals surface area contributed by atoms with Crippen molar-refractivity contribution in [2.24, 2.45) is 5.92 Å². The number of hydrogen-bond acceptors (Lipinski definition) is 4. The number of likely N-dealkylation sites (tertiary alicyclic amines) is 1. The van der Waals surface area contributed by atoms with Crippen molar-refractivity contribution in [1.82, 2.24) is 9.88 Å². The van der Waals surface area contributed by atoms with Gasteiger partial charge in [0.15, 0.2) is 0 Å². The molecule has 0 bridgehead atoms. The second-order valence-corrected chi connectivity index (χ2v) is 7.14. The number of thioether (sulfide) groups is 1. The second-order valence-electron chi connectivity index (χ2n) is 5.99. The van der Waals surface area contributed by atoms with Gasteiger partial charge in [0.25, 0.3) is 5.91 Å². The Labute approximate surface area is 130 Å². The summed E-state index contributed by atoms with van der Waals surface area (Å²) in [4.78, 5) is 18.7. The SMILES string of the molecule is CC1CCCN(C(=O)c2ccc(OC3CCSC3)nc2)C1. The highest BCUT2D eigenvalue weighted by atomic mass is 32.2. The molecule has 0 spiro atoms. The van der Waals surface area contributed by atoms with Gasteiger partial charge in [-0.05, 0) is 37.0 Å².